The van der Waals surface area contributed by atoms with Crippen LogP contribution in [0.2, 0.25) is 0 Å². The van der Waals surface area contributed by atoms with E-state index in [0.717, 1.165) is 11.1 Å². The smallest absolute Gasteiger partial charge is 0.276 e. The number of phenols is 1. The van der Waals surface area contributed by atoms with E-state index in [9.17, 15) is 13.5 Å². The van der Waals surface area contributed by atoms with Crippen LogP contribution >= 0.6 is 0 Å². The number of phenolic OH excluding ortho intramolecular Hbond substituents is 1. The molecule has 0 saturated heterocycles. The van der Waals surface area contributed by atoms with Crippen LogP contribution in [0.5, 0.6) is 11.5 Å². The van der Waals surface area contributed by atoms with Crippen molar-refractivity contribution < 1.29 is 18.3 Å². The second-order valence-electron chi connectivity index (χ2n) is 9.22. The number of hydrogen-bond acceptors (Lipinski definition) is 5. The maximum atomic E-state index is 12.5. The van der Waals surface area contributed by atoms with Gasteiger partial charge in [-0.15, -0.1) is 0 Å². The Morgan fingerprint density at radius 2 is 1.50 bits per heavy atom. The molecule has 0 spiro atoms. The highest BCUT2D eigenvalue weighted by atomic mass is 32.2. The number of nitrogens with zero attached hydrogens (tertiary/aromatic N) is 1. The van der Waals surface area contributed by atoms with E-state index in [2.05, 4.69) is 9.93 Å². The molecule has 0 aliphatic carbocycles. The topological polar surface area (TPSA) is 88.0 Å². The molecule has 0 aromatic heterocycles. The van der Waals surface area contributed by atoms with Crippen molar-refractivity contribution in [2.24, 2.45) is 5.10 Å². The molecule has 0 aliphatic rings. The van der Waals surface area contributed by atoms with Gasteiger partial charge in [-0.05, 0) is 59.7 Å². The molecule has 7 heteroatoms. The van der Waals surface area contributed by atoms with Crippen molar-refractivity contribution in [3.63, 3.8) is 0 Å². The summed E-state index contributed by atoms with van der Waals surface area (Å²) in [5.41, 5.74) is 1.71. The molecule has 0 saturated carbocycles. The average Bonchev–Trinajstić information content (AvgIpc) is 2.61. The molecule has 6 nitrogen and oxygen atoms in total. The van der Waals surface area contributed by atoms with E-state index in [1.807, 2.05) is 60.6 Å². The maximum absolute atomic E-state index is 12.5. The van der Waals surface area contributed by atoms with Gasteiger partial charge in [-0.2, -0.15) is 13.5 Å². The van der Waals surface area contributed by atoms with Crippen LogP contribution in [0, 0.1) is 0 Å². The summed E-state index contributed by atoms with van der Waals surface area (Å²) in [7, 11) is -3.80. The second kappa shape index (κ2) is 8.68. The third kappa shape index (κ3) is 5.75. The Morgan fingerprint density at radius 3 is 1.93 bits per heavy atom. The van der Waals surface area contributed by atoms with Gasteiger partial charge in [-0.1, -0.05) is 41.5 Å². The molecule has 0 fully saturated rings. The Balaban J connectivity index is 2.33. The third-order valence-corrected chi connectivity index (χ3v) is 5.82. The summed E-state index contributed by atoms with van der Waals surface area (Å²) >= 11 is 0. The van der Waals surface area contributed by atoms with Gasteiger partial charge in [0.05, 0.1) is 17.7 Å². The lowest BCUT2D eigenvalue weighted by Gasteiger charge is -2.27. The predicted octanol–water partition coefficient (Wildman–Crippen LogP) is 4.70. The molecular weight excluding hydrogens is 400 g/mol. The second-order valence-corrected chi connectivity index (χ2v) is 10.9. The van der Waals surface area contributed by atoms with Crippen molar-refractivity contribution >= 4 is 16.2 Å². The van der Waals surface area contributed by atoms with Gasteiger partial charge in [0, 0.05) is 11.1 Å². The first-order chi connectivity index (χ1) is 13.8. The molecule has 164 valence electrons. The monoisotopic (exact) mass is 432 g/mol. The van der Waals surface area contributed by atoms with Crippen LogP contribution in [0.3, 0.4) is 0 Å². The quantitative estimate of drug-likeness (QED) is 0.512. The normalized spacial score (nSPS) is 12.9. The van der Waals surface area contributed by atoms with E-state index in [4.69, 9.17) is 4.74 Å². The first-order valence-corrected chi connectivity index (χ1v) is 11.4. The lowest BCUT2D eigenvalue weighted by Crippen LogP contribution is -2.19. The lowest BCUT2D eigenvalue weighted by atomic mass is 9.78. The van der Waals surface area contributed by atoms with E-state index in [1.54, 1.807) is 12.1 Å². The van der Waals surface area contributed by atoms with Gasteiger partial charge in [0.1, 0.15) is 11.5 Å². The van der Waals surface area contributed by atoms with Crippen molar-refractivity contribution in [1.29, 1.82) is 0 Å². The minimum Gasteiger partial charge on any atom is -0.507 e. The predicted molar refractivity (Wildman–Crippen MR) is 121 cm³/mol. The first kappa shape index (κ1) is 23.7. The number of benzene rings is 2. The number of rotatable bonds is 6. The van der Waals surface area contributed by atoms with Crippen LogP contribution in [0.1, 0.15) is 65.2 Å². The minimum atomic E-state index is -3.80. The zero-order chi connectivity index (χ0) is 22.7. The van der Waals surface area contributed by atoms with Crippen molar-refractivity contribution in [3.8, 4) is 11.5 Å². The molecule has 0 amide bonds. The summed E-state index contributed by atoms with van der Waals surface area (Å²) in [6.45, 7) is 14.5. The number of hydrazone groups is 1. The Hall–Kier alpha value is -2.54. The van der Waals surface area contributed by atoms with Crippen molar-refractivity contribution in [2.45, 2.75) is 64.2 Å². The van der Waals surface area contributed by atoms with Crippen LogP contribution in [0.4, 0.5) is 0 Å². The molecule has 0 heterocycles. The fraction of sp³-hybridized carbons (Fsp3) is 0.435. The average molecular weight is 433 g/mol. The summed E-state index contributed by atoms with van der Waals surface area (Å²) in [6.07, 6.45) is 1.45. The Bertz CT molecular complexity index is 978. The summed E-state index contributed by atoms with van der Waals surface area (Å²) in [4.78, 5) is 2.34. The molecule has 2 aromatic rings. The zero-order valence-corrected chi connectivity index (χ0v) is 19.6. The number of nitrogens with one attached hydrogen (secondary N) is 1. The number of ether oxygens (including phenoxy) is 1. The van der Waals surface area contributed by atoms with E-state index in [1.165, 1.54) is 18.3 Å². The van der Waals surface area contributed by atoms with Crippen LogP contribution in [0.15, 0.2) is 46.4 Å². The van der Waals surface area contributed by atoms with Gasteiger partial charge in [-0.3, -0.25) is 0 Å². The molecule has 2 N–H and O–H groups in total. The van der Waals surface area contributed by atoms with E-state index in [-0.39, 0.29) is 21.5 Å². The van der Waals surface area contributed by atoms with Crippen LogP contribution in [-0.4, -0.2) is 26.3 Å². The molecule has 0 atom stereocenters. The number of aromatic hydroxyl groups is 1. The summed E-state index contributed by atoms with van der Waals surface area (Å²) in [5, 5.41) is 14.7. The van der Waals surface area contributed by atoms with Gasteiger partial charge >= 0.3 is 0 Å². The van der Waals surface area contributed by atoms with E-state index in [0.29, 0.717) is 17.9 Å². The highest BCUT2D eigenvalue weighted by Gasteiger charge is 2.26. The van der Waals surface area contributed by atoms with Crippen molar-refractivity contribution in [2.75, 3.05) is 6.61 Å². The third-order valence-electron chi connectivity index (χ3n) is 4.58. The fourth-order valence-corrected chi connectivity index (χ4v) is 3.77. The van der Waals surface area contributed by atoms with Gasteiger partial charge in [0.15, 0.2) is 0 Å². The molecule has 0 radical (unpaired) electrons. The Morgan fingerprint density at radius 1 is 1.00 bits per heavy atom. The van der Waals surface area contributed by atoms with Gasteiger partial charge < -0.3 is 9.84 Å². The summed E-state index contributed by atoms with van der Waals surface area (Å²) < 4.78 is 30.3. The summed E-state index contributed by atoms with van der Waals surface area (Å²) in [6, 6.07) is 9.82. The highest BCUT2D eigenvalue weighted by Crippen LogP contribution is 2.39. The molecule has 30 heavy (non-hydrogen) atoms. The lowest BCUT2D eigenvalue weighted by molar-refractivity contribution is 0.340. The van der Waals surface area contributed by atoms with E-state index < -0.39 is 10.0 Å². The highest BCUT2D eigenvalue weighted by molar-refractivity contribution is 7.89. The van der Waals surface area contributed by atoms with E-state index >= 15 is 0 Å². The molecule has 2 rings (SSSR count). The SMILES string of the molecule is CCOc1ccc(S(=O)(=O)N/N=C/c2cc(C(C)(C)C)c(O)c(C(C)(C)C)c2)cc1. The molecule has 0 aliphatic heterocycles. The Kier molecular flexibility index (Phi) is 6.87. The largest absolute Gasteiger partial charge is 0.507 e. The standard InChI is InChI=1S/C23H32N2O4S/c1-8-29-17-9-11-18(12-10-17)30(27,28)25-24-15-16-13-19(22(2,3)4)21(26)20(14-16)23(5,6)7/h9-15,25-26H,8H2,1-7H3/b24-15+. The van der Waals surface area contributed by atoms with Crippen LogP contribution < -0.4 is 9.57 Å². The molecule has 2 aromatic carbocycles. The van der Waals surface area contributed by atoms with Gasteiger partial charge in [-0.25, -0.2) is 4.83 Å². The Labute approximate surface area is 180 Å². The van der Waals surface area contributed by atoms with Crippen LogP contribution in [-0.2, 0) is 20.9 Å². The molecule has 0 bridgehead atoms. The van der Waals surface area contributed by atoms with Crippen molar-refractivity contribution in [1.82, 2.24) is 4.83 Å². The molecular formula is C23H32N2O4S. The van der Waals surface area contributed by atoms with Crippen molar-refractivity contribution in [3.05, 3.63) is 53.1 Å². The molecule has 0 unspecified atom stereocenters. The van der Waals surface area contributed by atoms with Gasteiger partial charge in [0.2, 0.25) is 0 Å². The van der Waals surface area contributed by atoms with Gasteiger partial charge in [0.25, 0.3) is 10.0 Å². The maximum Gasteiger partial charge on any atom is 0.276 e. The minimum absolute atomic E-state index is 0.0968. The summed E-state index contributed by atoms with van der Waals surface area (Å²) in [5.74, 6) is 0.871. The number of hydrogen-bond donors (Lipinski definition) is 2. The fourth-order valence-electron chi connectivity index (χ4n) is 2.98. The zero-order valence-electron chi connectivity index (χ0n) is 18.8. The van der Waals surface area contributed by atoms with Crippen LogP contribution in [0.25, 0.3) is 0 Å². The number of sulfonamides is 1. The first-order valence-electron chi connectivity index (χ1n) is 9.91.